The van der Waals surface area contributed by atoms with Crippen molar-refractivity contribution in [2.75, 3.05) is 13.1 Å². The third-order valence-electron chi connectivity index (χ3n) is 4.10. The molecule has 2 nitrogen and oxygen atoms in total. The van der Waals surface area contributed by atoms with E-state index < -0.39 is 0 Å². The Labute approximate surface area is 129 Å². The van der Waals surface area contributed by atoms with Crippen molar-refractivity contribution in [1.29, 1.82) is 0 Å². The molecule has 4 heteroatoms. The summed E-state index contributed by atoms with van der Waals surface area (Å²) in [5.41, 5.74) is 7.28. The number of piperidine rings is 1. The molecule has 1 fully saturated rings. The summed E-state index contributed by atoms with van der Waals surface area (Å²) in [4.78, 5) is 2.57. The molecule has 19 heavy (non-hydrogen) atoms. The zero-order chi connectivity index (χ0) is 13.8. The average molecular weight is 346 g/mol. The smallest absolute Gasteiger partial charge is 0.0551 e. The number of hydrogen-bond acceptors (Lipinski definition) is 2. The number of benzene rings is 1. The van der Waals surface area contributed by atoms with E-state index in [0.717, 1.165) is 16.0 Å². The molecule has 1 aromatic rings. The van der Waals surface area contributed by atoms with Crippen molar-refractivity contribution in [2.45, 2.75) is 44.7 Å². The molecule has 2 rings (SSSR count). The fourth-order valence-electron chi connectivity index (χ4n) is 3.05. The van der Waals surface area contributed by atoms with Crippen LogP contribution in [-0.4, -0.2) is 24.0 Å². The highest BCUT2D eigenvalue weighted by Gasteiger charge is 2.28. The zero-order valence-corrected chi connectivity index (χ0v) is 13.8. The third-order valence-corrected chi connectivity index (χ3v) is 5.33. The zero-order valence-electron chi connectivity index (χ0n) is 11.4. The van der Waals surface area contributed by atoms with Gasteiger partial charge in [-0.15, -0.1) is 0 Å². The highest BCUT2D eigenvalue weighted by atomic mass is 79.9. The number of halogens is 2. The van der Waals surface area contributed by atoms with Gasteiger partial charge in [0.05, 0.1) is 5.02 Å². The van der Waals surface area contributed by atoms with Crippen LogP contribution in [0.25, 0.3) is 0 Å². The summed E-state index contributed by atoms with van der Waals surface area (Å²) < 4.78 is 0.944. The second kappa shape index (κ2) is 7.07. The molecule has 0 saturated carbocycles. The molecular weight excluding hydrogens is 324 g/mol. The van der Waals surface area contributed by atoms with E-state index in [4.69, 9.17) is 17.3 Å². The molecule has 2 unspecified atom stereocenters. The van der Waals surface area contributed by atoms with Gasteiger partial charge in [0, 0.05) is 23.1 Å². The molecule has 0 spiro atoms. The first kappa shape index (κ1) is 15.3. The van der Waals surface area contributed by atoms with Gasteiger partial charge in [0.25, 0.3) is 0 Å². The minimum atomic E-state index is 0.288. The molecule has 2 N–H and O–H groups in total. The number of likely N-dealkylation sites (tertiary alicyclic amines) is 1. The standard InChI is InChI=1S/C15H22BrClN2/c1-2-12-5-3-4-8-19(12)15(10-18)11-6-7-13(16)14(17)9-11/h6-7,9,12,15H,2-5,8,10,18H2,1H3. The Morgan fingerprint density at radius 3 is 2.89 bits per heavy atom. The Morgan fingerprint density at radius 2 is 2.26 bits per heavy atom. The maximum Gasteiger partial charge on any atom is 0.0551 e. The molecule has 1 aliphatic rings. The van der Waals surface area contributed by atoms with Crippen molar-refractivity contribution in [3.8, 4) is 0 Å². The summed E-state index contributed by atoms with van der Waals surface area (Å²) in [6.45, 7) is 4.06. The largest absolute Gasteiger partial charge is 0.329 e. The van der Waals surface area contributed by atoms with E-state index in [1.807, 2.05) is 12.1 Å². The van der Waals surface area contributed by atoms with Crippen LogP contribution < -0.4 is 5.73 Å². The van der Waals surface area contributed by atoms with Gasteiger partial charge in [-0.3, -0.25) is 4.90 Å². The van der Waals surface area contributed by atoms with Crippen LogP contribution in [0.1, 0.15) is 44.2 Å². The lowest BCUT2D eigenvalue weighted by Gasteiger charge is -2.41. The topological polar surface area (TPSA) is 29.3 Å². The van der Waals surface area contributed by atoms with Gasteiger partial charge in [0.15, 0.2) is 0 Å². The number of nitrogens with zero attached hydrogens (tertiary/aromatic N) is 1. The highest BCUT2D eigenvalue weighted by molar-refractivity contribution is 9.10. The van der Waals surface area contributed by atoms with Crippen molar-refractivity contribution >= 4 is 27.5 Å². The summed E-state index contributed by atoms with van der Waals surface area (Å²) in [6.07, 6.45) is 5.10. The van der Waals surface area contributed by atoms with Crippen molar-refractivity contribution in [2.24, 2.45) is 5.73 Å². The number of hydrogen-bond donors (Lipinski definition) is 1. The first-order valence-electron chi connectivity index (χ1n) is 7.08. The monoisotopic (exact) mass is 344 g/mol. The number of rotatable bonds is 4. The van der Waals surface area contributed by atoms with Crippen LogP contribution in [0.4, 0.5) is 0 Å². The normalized spacial score (nSPS) is 22.4. The second-order valence-corrected chi connectivity index (χ2v) is 6.48. The lowest BCUT2D eigenvalue weighted by Crippen LogP contribution is -2.44. The van der Waals surface area contributed by atoms with Crippen LogP contribution in [0.15, 0.2) is 22.7 Å². The van der Waals surface area contributed by atoms with Crippen LogP contribution in [-0.2, 0) is 0 Å². The van der Waals surface area contributed by atoms with Gasteiger partial charge in [0.1, 0.15) is 0 Å². The van der Waals surface area contributed by atoms with Crippen molar-refractivity contribution in [3.63, 3.8) is 0 Å². The van der Waals surface area contributed by atoms with E-state index in [0.29, 0.717) is 12.6 Å². The maximum absolute atomic E-state index is 6.22. The second-order valence-electron chi connectivity index (χ2n) is 5.22. The maximum atomic E-state index is 6.22. The Bertz CT molecular complexity index is 425. The quantitative estimate of drug-likeness (QED) is 0.878. The van der Waals surface area contributed by atoms with E-state index in [9.17, 15) is 0 Å². The van der Waals surface area contributed by atoms with Crippen molar-refractivity contribution < 1.29 is 0 Å². The van der Waals surface area contributed by atoms with Gasteiger partial charge in [-0.25, -0.2) is 0 Å². The molecule has 0 bridgehead atoms. The first-order chi connectivity index (χ1) is 9.17. The van der Waals surface area contributed by atoms with Gasteiger partial charge in [-0.2, -0.15) is 0 Å². The summed E-state index contributed by atoms with van der Waals surface area (Å²) in [5, 5.41) is 0.765. The van der Waals surface area contributed by atoms with Crippen LogP contribution in [0.3, 0.4) is 0 Å². The fraction of sp³-hybridized carbons (Fsp3) is 0.600. The van der Waals surface area contributed by atoms with Crippen molar-refractivity contribution in [3.05, 3.63) is 33.3 Å². The SMILES string of the molecule is CCC1CCCCN1C(CN)c1ccc(Br)c(Cl)c1. The molecule has 1 aromatic carbocycles. The highest BCUT2D eigenvalue weighted by Crippen LogP contribution is 2.32. The lowest BCUT2D eigenvalue weighted by molar-refractivity contribution is 0.0949. The lowest BCUT2D eigenvalue weighted by atomic mass is 9.95. The van der Waals surface area contributed by atoms with E-state index in [2.05, 4.69) is 33.8 Å². The number of nitrogens with two attached hydrogens (primary N) is 1. The summed E-state index contributed by atoms with van der Waals surface area (Å²) in [7, 11) is 0. The minimum absolute atomic E-state index is 0.288. The van der Waals surface area contributed by atoms with E-state index >= 15 is 0 Å². The summed E-state index contributed by atoms with van der Waals surface area (Å²) in [6, 6.07) is 7.14. The van der Waals surface area contributed by atoms with Gasteiger partial charge < -0.3 is 5.73 Å². The summed E-state index contributed by atoms with van der Waals surface area (Å²) in [5.74, 6) is 0. The van der Waals surface area contributed by atoms with E-state index in [1.165, 1.54) is 31.2 Å². The average Bonchev–Trinajstić information content (AvgIpc) is 2.44. The Balaban J connectivity index is 2.24. The Morgan fingerprint density at radius 1 is 1.47 bits per heavy atom. The van der Waals surface area contributed by atoms with E-state index in [1.54, 1.807) is 0 Å². The minimum Gasteiger partial charge on any atom is -0.329 e. The molecule has 0 aromatic heterocycles. The van der Waals surface area contributed by atoms with E-state index in [-0.39, 0.29) is 6.04 Å². The Hall–Kier alpha value is -0.0900. The molecule has 1 aliphatic heterocycles. The van der Waals surface area contributed by atoms with Crippen LogP contribution >= 0.6 is 27.5 Å². The third kappa shape index (κ3) is 3.52. The molecule has 0 aliphatic carbocycles. The summed E-state index contributed by atoms with van der Waals surface area (Å²) >= 11 is 9.66. The van der Waals surface area contributed by atoms with Crippen LogP contribution in [0.5, 0.6) is 0 Å². The molecule has 0 radical (unpaired) electrons. The predicted octanol–water partition coefficient (Wildman–Crippen LogP) is 4.37. The first-order valence-corrected chi connectivity index (χ1v) is 8.25. The molecule has 1 saturated heterocycles. The molecule has 1 heterocycles. The fourth-order valence-corrected chi connectivity index (χ4v) is 3.49. The molecule has 106 valence electrons. The molecular formula is C15H22BrClN2. The Kier molecular flexibility index (Phi) is 5.70. The molecule has 0 amide bonds. The molecule has 2 atom stereocenters. The van der Waals surface area contributed by atoms with Crippen LogP contribution in [0, 0.1) is 0 Å². The van der Waals surface area contributed by atoms with Crippen LogP contribution in [0.2, 0.25) is 5.02 Å². The van der Waals surface area contributed by atoms with Crippen molar-refractivity contribution in [1.82, 2.24) is 4.90 Å². The van der Waals surface area contributed by atoms with Gasteiger partial charge in [0.2, 0.25) is 0 Å². The van der Waals surface area contributed by atoms with Gasteiger partial charge in [-0.05, 0) is 59.4 Å². The predicted molar refractivity (Wildman–Crippen MR) is 85.6 cm³/mol. The van der Waals surface area contributed by atoms with Gasteiger partial charge >= 0.3 is 0 Å². The van der Waals surface area contributed by atoms with Gasteiger partial charge in [-0.1, -0.05) is 31.0 Å².